The summed E-state index contributed by atoms with van der Waals surface area (Å²) in [5, 5.41) is 13.1. The minimum absolute atomic E-state index is 0.0453. The molecule has 0 spiro atoms. The Hall–Kier alpha value is -1.74. The van der Waals surface area contributed by atoms with Gasteiger partial charge in [0, 0.05) is 19.7 Å². The van der Waals surface area contributed by atoms with Crippen molar-refractivity contribution >= 4 is 21.4 Å². The van der Waals surface area contributed by atoms with E-state index in [4.69, 9.17) is 0 Å². The Kier molecular flexibility index (Phi) is 5.01. The SMILES string of the molecule is CNc1cc([N+](=O)[O-])cc(F)c1S(=O)(=O)NCC(C)C. The smallest absolute Gasteiger partial charge is 0.274 e. The molecule has 0 saturated heterocycles. The summed E-state index contributed by atoms with van der Waals surface area (Å²) in [6.07, 6.45) is 0. The van der Waals surface area contributed by atoms with E-state index >= 15 is 0 Å². The molecule has 112 valence electrons. The summed E-state index contributed by atoms with van der Waals surface area (Å²) in [6.45, 7) is 3.74. The monoisotopic (exact) mass is 305 g/mol. The third-order valence-corrected chi connectivity index (χ3v) is 3.96. The van der Waals surface area contributed by atoms with Crippen LogP contribution < -0.4 is 10.0 Å². The second-order valence-corrected chi connectivity index (χ2v) is 6.26. The minimum Gasteiger partial charge on any atom is -0.387 e. The van der Waals surface area contributed by atoms with E-state index in [1.54, 1.807) is 13.8 Å². The summed E-state index contributed by atoms with van der Waals surface area (Å²) in [6, 6.07) is 1.57. The van der Waals surface area contributed by atoms with Gasteiger partial charge in [-0.15, -0.1) is 0 Å². The molecule has 0 fully saturated rings. The van der Waals surface area contributed by atoms with Crippen molar-refractivity contribution in [2.75, 3.05) is 18.9 Å². The number of hydrogen-bond acceptors (Lipinski definition) is 5. The highest BCUT2D eigenvalue weighted by Crippen LogP contribution is 2.29. The zero-order chi connectivity index (χ0) is 15.5. The summed E-state index contributed by atoms with van der Waals surface area (Å²) in [5.41, 5.74) is -0.678. The molecule has 0 aliphatic heterocycles. The van der Waals surface area contributed by atoms with Crippen molar-refractivity contribution in [3.05, 3.63) is 28.1 Å². The molecular weight excluding hydrogens is 289 g/mol. The Labute approximate surface area is 116 Å². The van der Waals surface area contributed by atoms with Crippen LogP contribution in [0.2, 0.25) is 0 Å². The quantitative estimate of drug-likeness (QED) is 0.615. The third kappa shape index (κ3) is 3.64. The molecule has 0 aromatic heterocycles. The average Bonchev–Trinajstić information content (AvgIpc) is 2.34. The van der Waals surface area contributed by atoms with E-state index < -0.39 is 31.3 Å². The molecular formula is C11H16FN3O4S. The predicted octanol–water partition coefficient (Wildman–Crippen LogP) is 1.71. The number of rotatable bonds is 6. The van der Waals surface area contributed by atoms with Crippen molar-refractivity contribution < 1.29 is 17.7 Å². The molecule has 0 saturated carbocycles. The second kappa shape index (κ2) is 6.14. The van der Waals surface area contributed by atoms with Crippen LogP contribution in [0.1, 0.15) is 13.8 Å². The Morgan fingerprint density at radius 2 is 2.00 bits per heavy atom. The van der Waals surface area contributed by atoms with Gasteiger partial charge in [0.2, 0.25) is 10.0 Å². The molecule has 0 aliphatic rings. The fourth-order valence-corrected chi connectivity index (χ4v) is 2.96. The molecule has 20 heavy (non-hydrogen) atoms. The molecule has 1 aromatic rings. The van der Waals surface area contributed by atoms with Crippen LogP contribution in [0, 0.1) is 21.8 Å². The zero-order valence-corrected chi connectivity index (χ0v) is 12.1. The Bertz CT molecular complexity index is 616. The normalized spacial score (nSPS) is 11.7. The molecule has 0 heterocycles. The van der Waals surface area contributed by atoms with Crippen LogP contribution in [0.3, 0.4) is 0 Å². The van der Waals surface area contributed by atoms with Gasteiger partial charge in [-0.3, -0.25) is 10.1 Å². The van der Waals surface area contributed by atoms with Crippen LogP contribution in [-0.2, 0) is 10.0 Å². The first-order valence-corrected chi connectivity index (χ1v) is 7.32. The lowest BCUT2D eigenvalue weighted by molar-refractivity contribution is -0.385. The van der Waals surface area contributed by atoms with Gasteiger partial charge in [-0.25, -0.2) is 17.5 Å². The van der Waals surface area contributed by atoms with Crippen LogP contribution in [0.15, 0.2) is 17.0 Å². The van der Waals surface area contributed by atoms with Crippen LogP contribution in [0.4, 0.5) is 15.8 Å². The third-order valence-electron chi connectivity index (χ3n) is 2.46. The van der Waals surface area contributed by atoms with Gasteiger partial charge in [0.05, 0.1) is 16.7 Å². The number of benzene rings is 1. The maximum absolute atomic E-state index is 13.9. The molecule has 0 unspecified atom stereocenters. The van der Waals surface area contributed by atoms with Crippen LogP contribution >= 0.6 is 0 Å². The van der Waals surface area contributed by atoms with Crippen molar-refractivity contribution in [3.8, 4) is 0 Å². The van der Waals surface area contributed by atoms with Crippen molar-refractivity contribution in [3.63, 3.8) is 0 Å². The van der Waals surface area contributed by atoms with E-state index in [0.29, 0.717) is 6.07 Å². The molecule has 0 radical (unpaired) electrons. The summed E-state index contributed by atoms with van der Waals surface area (Å²) in [7, 11) is -2.72. The van der Waals surface area contributed by atoms with Gasteiger partial charge in [-0.1, -0.05) is 13.8 Å². The lowest BCUT2D eigenvalue weighted by Crippen LogP contribution is -2.29. The number of nitrogens with zero attached hydrogens (tertiary/aromatic N) is 1. The first-order chi connectivity index (χ1) is 9.19. The summed E-state index contributed by atoms with van der Waals surface area (Å²) < 4.78 is 40.3. The largest absolute Gasteiger partial charge is 0.387 e. The number of sulfonamides is 1. The number of anilines is 1. The fourth-order valence-electron chi connectivity index (χ4n) is 1.49. The molecule has 0 atom stereocenters. The second-order valence-electron chi connectivity index (χ2n) is 4.56. The summed E-state index contributed by atoms with van der Waals surface area (Å²) in [5.74, 6) is -1.12. The van der Waals surface area contributed by atoms with Crippen molar-refractivity contribution in [1.29, 1.82) is 0 Å². The van der Waals surface area contributed by atoms with Gasteiger partial charge >= 0.3 is 0 Å². The Morgan fingerprint density at radius 1 is 1.40 bits per heavy atom. The highest BCUT2D eigenvalue weighted by atomic mass is 32.2. The Morgan fingerprint density at radius 3 is 2.45 bits per heavy atom. The van der Waals surface area contributed by atoms with E-state index in [1.165, 1.54) is 7.05 Å². The van der Waals surface area contributed by atoms with E-state index in [0.717, 1.165) is 6.07 Å². The standard InChI is InChI=1S/C11H16FN3O4S/c1-7(2)6-14-20(18,19)11-9(12)4-8(15(16)17)5-10(11)13-3/h4-5,7,13-14H,6H2,1-3H3. The molecule has 0 aliphatic carbocycles. The summed E-state index contributed by atoms with van der Waals surface area (Å²) in [4.78, 5) is 9.23. The molecule has 1 aromatic carbocycles. The fraction of sp³-hybridized carbons (Fsp3) is 0.455. The maximum atomic E-state index is 13.9. The van der Waals surface area contributed by atoms with Gasteiger partial charge in [0.15, 0.2) is 5.82 Å². The lowest BCUT2D eigenvalue weighted by atomic mass is 10.2. The van der Waals surface area contributed by atoms with E-state index in [1.807, 2.05) is 0 Å². The van der Waals surface area contributed by atoms with Crippen molar-refractivity contribution in [1.82, 2.24) is 4.72 Å². The molecule has 0 amide bonds. The number of halogens is 1. The molecule has 0 bridgehead atoms. The lowest BCUT2D eigenvalue weighted by Gasteiger charge is -2.13. The number of nitro groups is 1. The van der Waals surface area contributed by atoms with Gasteiger partial charge in [0.1, 0.15) is 4.90 Å². The van der Waals surface area contributed by atoms with Crippen LogP contribution in [0.5, 0.6) is 0 Å². The first kappa shape index (κ1) is 16.3. The van der Waals surface area contributed by atoms with Gasteiger partial charge in [-0.2, -0.15) is 0 Å². The van der Waals surface area contributed by atoms with Crippen molar-refractivity contribution in [2.24, 2.45) is 5.92 Å². The van der Waals surface area contributed by atoms with Gasteiger partial charge < -0.3 is 5.32 Å². The first-order valence-electron chi connectivity index (χ1n) is 5.84. The topological polar surface area (TPSA) is 101 Å². The van der Waals surface area contributed by atoms with E-state index in [9.17, 15) is 22.9 Å². The number of hydrogen-bond donors (Lipinski definition) is 2. The Balaban J connectivity index is 3.34. The van der Waals surface area contributed by atoms with Gasteiger partial charge in [-0.05, 0) is 5.92 Å². The van der Waals surface area contributed by atoms with Crippen molar-refractivity contribution in [2.45, 2.75) is 18.7 Å². The number of nitro benzene ring substituents is 1. The number of non-ortho nitro benzene ring substituents is 1. The summed E-state index contributed by atoms with van der Waals surface area (Å²) >= 11 is 0. The average molecular weight is 305 g/mol. The zero-order valence-electron chi connectivity index (χ0n) is 11.3. The molecule has 2 N–H and O–H groups in total. The molecule has 1 rings (SSSR count). The highest BCUT2D eigenvalue weighted by Gasteiger charge is 2.26. The minimum atomic E-state index is -4.08. The predicted molar refractivity (Wildman–Crippen MR) is 72.6 cm³/mol. The highest BCUT2D eigenvalue weighted by molar-refractivity contribution is 7.89. The molecule has 7 nitrogen and oxygen atoms in total. The van der Waals surface area contributed by atoms with E-state index in [2.05, 4.69) is 10.0 Å². The van der Waals surface area contributed by atoms with Crippen LogP contribution in [-0.4, -0.2) is 26.9 Å². The molecule has 9 heteroatoms. The maximum Gasteiger partial charge on any atom is 0.274 e. The van der Waals surface area contributed by atoms with Crippen LogP contribution in [0.25, 0.3) is 0 Å². The van der Waals surface area contributed by atoms with E-state index in [-0.39, 0.29) is 18.2 Å². The van der Waals surface area contributed by atoms with Gasteiger partial charge in [0.25, 0.3) is 5.69 Å². The number of nitrogens with one attached hydrogen (secondary N) is 2.